The highest BCUT2D eigenvalue weighted by atomic mass is 31.2. The van der Waals surface area contributed by atoms with E-state index in [0.29, 0.717) is 17.9 Å². The van der Waals surface area contributed by atoms with E-state index < -0.39 is 56.1 Å². The number of nitriles is 1. The maximum atomic E-state index is 13.9. The molecule has 5 atom stereocenters. The molecule has 2 heterocycles. The lowest BCUT2D eigenvalue weighted by molar-refractivity contribution is -0.0959. The minimum atomic E-state index is -1.97. The van der Waals surface area contributed by atoms with Crippen LogP contribution in [0.25, 0.3) is 0 Å². The molecule has 0 amide bonds. The summed E-state index contributed by atoms with van der Waals surface area (Å²) in [4.78, 5) is 42.3. The van der Waals surface area contributed by atoms with E-state index in [1.54, 1.807) is 14.2 Å². The molecule has 1 aromatic heterocycles. The summed E-state index contributed by atoms with van der Waals surface area (Å²) in [5.41, 5.74) is -0.382. The third-order valence-electron chi connectivity index (χ3n) is 12.9. The highest BCUT2D eigenvalue weighted by Gasteiger charge is 2.53. The summed E-state index contributed by atoms with van der Waals surface area (Å²) in [6, 6.07) is 28.1. The molecule has 0 aliphatic carbocycles. The number of benzene rings is 3. The van der Waals surface area contributed by atoms with E-state index in [4.69, 9.17) is 37.5 Å². The number of nitrogens with zero attached hydrogens (tertiary/aromatic N) is 3. The smallest absolute Gasteiger partial charge is 0.497 e. The molecule has 1 unspecified atom stereocenters. The van der Waals surface area contributed by atoms with Crippen LogP contribution in [0.1, 0.15) is 154 Å². The Balaban J connectivity index is 1.46. The maximum absolute atomic E-state index is 13.9. The molecule has 3 aromatic carbocycles. The number of rotatable bonds is 33. The van der Waals surface area contributed by atoms with Gasteiger partial charge in [-0.3, -0.25) is 14.3 Å². The third kappa shape index (κ3) is 16.7. The van der Waals surface area contributed by atoms with Crippen LogP contribution in [0.5, 0.6) is 11.5 Å². The normalized spacial score (nSPS) is 17.3. The first-order valence-corrected chi connectivity index (χ1v) is 27.1. The molecule has 0 saturated carbocycles. The van der Waals surface area contributed by atoms with E-state index in [1.165, 1.54) is 81.0 Å². The predicted octanol–water partition coefficient (Wildman–Crippen LogP) is 12.1. The molecule has 16 heteroatoms. The molecule has 1 saturated heterocycles. The average Bonchev–Trinajstić information content (AvgIpc) is 3.70. The Bertz CT molecular complexity index is 2260. The van der Waals surface area contributed by atoms with Crippen LogP contribution in [0, 0.1) is 11.3 Å². The number of ether oxygens (including phenoxy) is 6. The first-order valence-electron chi connectivity index (χ1n) is 26.0. The lowest BCUT2D eigenvalue weighted by Gasteiger charge is -2.39. The molecule has 394 valence electrons. The van der Waals surface area contributed by atoms with Gasteiger partial charge >= 0.3 is 11.8 Å². The monoisotopic (exact) mass is 1010 g/mol. The second-order valence-corrected chi connectivity index (χ2v) is 20.2. The van der Waals surface area contributed by atoms with Crippen molar-refractivity contribution in [2.45, 2.75) is 173 Å². The Morgan fingerprint density at radius 1 is 0.736 bits per heavy atom. The van der Waals surface area contributed by atoms with Gasteiger partial charge in [0.15, 0.2) is 12.3 Å². The highest BCUT2D eigenvalue weighted by Crippen LogP contribution is 2.51. The number of methoxy groups -OCH3 is 2. The Morgan fingerprint density at radius 3 is 1.76 bits per heavy atom. The standard InChI is InChI=1S/C56H79N4O11P/c1-8-9-10-11-12-13-14-15-16-17-18-19-20-24-39-66-55(63)70-52-51(71-72(68-40-25-37-57)60(42(2)3)43(4)5)49(69-53(52)59-38-36-50(61)58-54(59)62)41-67-56(44-26-22-21-23-27-44,45-28-32-47(64-6)33-29-45)46-30-34-48(65-7)35-31-46/h21-23,26-36,38,42-43,49,51-53H,8-20,24-25,39-41H2,1-7H3,(H,58,61,62)/t49-,51-,52-,53-,72?/m1/s1. The van der Waals surface area contributed by atoms with Crippen molar-refractivity contribution in [3.05, 3.63) is 129 Å². The lowest BCUT2D eigenvalue weighted by Crippen LogP contribution is -2.44. The number of aromatic nitrogens is 2. The minimum Gasteiger partial charge on any atom is -0.497 e. The number of unbranched alkanes of at least 4 members (excludes halogenated alkanes) is 13. The number of hydrogen-bond acceptors (Lipinski definition) is 13. The molecule has 1 N–H and O–H groups in total. The Labute approximate surface area is 428 Å². The fourth-order valence-corrected chi connectivity index (χ4v) is 11.0. The lowest BCUT2D eigenvalue weighted by atomic mass is 9.80. The number of H-pyrrole nitrogens is 1. The van der Waals surface area contributed by atoms with E-state index in [9.17, 15) is 19.6 Å². The predicted molar refractivity (Wildman–Crippen MR) is 280 cm³/mol. The Kier molecular flexibility index (Phi) is 24.8. The van der Waals surface area contributed by atoms with Crippen molar-refractivity contribution in [1.82, 2.24) is 14.2 Å². The number of carbonyl (C=O) groups is 1. The van der Waals surface area contributed by atoms with Gasteiger partial charge < -0.3 is 37.5 Å². The molecule has 5 rings (SSSR count). The second kappa shape index (κ2) is 30.8. The minimum absolute atomic E-state index is 0.0640. The van der Waals surface area contributed by atoms with Crippen LogP contribution in [0.15, 0.2) is 101 Å². The van der Waals surface area contributed by atoms with Crippen molar-refractivity contribution in [3.63, 3.8) is 0 Å². The van der Waals surface area contributed by atoms with Gasteiger partial charge in [0.2, 0.25) is 0 Å². The van der Waals surface area contributed by atoms with E-state index in [-0.39, 0.29) is 38.3 Å². The van der Waals surface area contributed by atoms with Crippen molar-refractivity contribution >= 4 is 14.7 Å². The molecule has 15 nitrogen and oxygen atoms in total. The topological polar surface area (TPSA) is 173 Å². The number of nitrogens with one attached hydrogen (secondary N) is 1. The van der Waals surface area contributed by atoms with Crippen molar-refractivity contribution in [2.24, 2.45) is 0 Å². The molecule has 0 radical (unpaired) electrons. The van der Waals surface area contributed by atoms with Gasteiger partial charge in [-0.25, -0.2) is 14.3 Å². The average molecular weight is 1020 g/mol. The van der Waals surface area contributed by atoms with E-state index in [2.05, 4.69) is 22.6 Å². The summed E-state index contributed by atoms with van der Waals surface area (Å²) < 4.78 is 53.9. The van der Waals surface area contributed by atoms with E-state index in [1.807, 2.05) is 107 Å². The maximum Gasteiger partial charge on any atom is 0.508 e. The molecular weight excluding hydrogens is 936 g/mol. The highest BCUT2D eigenvalue weighted by molar-refractivity contribution is 7.44. The summed E-state index contributed by atoms with van der Waals surface area (Å²) in [5.74, 6) is 1.30. The molecule has 0 bridgehead atoms. The van der Waals surface area contributed by atoms with Gasteiger partial charge in [0, 0.05) is 24.3 Å². The summed E-state index contributed by atoms with van der Waals surface area (Å²) in [7, 11) is 1.24. The molecule has 72 heavy (non-hydrogen) atoms. The van der Waals surface area contributed by atoms with Gasteiger partial charge in [-0.1, -0.05) is 145 Å². The van der Waals surface area contributed by atoms with Crippen molar-refractivity contribution < 1.29 is 42.3 Å². The number of carbonyl (C=O) groups excluding carboxylic acids is 1. The SMILES string of the molecule is CCCCCCCCCCCCCCCCOC(=O)O[C@@H]1[C@H](OP(OCCC#N)N(C(C)C)C(C)C)[C@@H](COC(c2ccccc2)(c2ccc(OC)cc2)c2ccc(OC)cc2)O[C@H]1n1ccc(=O)[nH]c1=O. The molecule has 1 fully saturated rings. The number of hydrogen-bond donors (Lipinski definition) is 1. The van der Waals surface area contributed by atoms with Crippen LogP contribution in [-0.4, -0.2) is 84.8 Å². The third-order valence-corrected chi connectivity index (χ3v) is 15.0. The summed E-state index contributed by atoms with van der Waals surface area (Å²) in [6.07, 6.45) is 12.3. The molecule has 1 aliphatic rings. The summed E-state index contributed by atoms with van der Waals surface area (Å²) in [5, 5.41) is 9.54. The molecule has 0 spiro atoms. The van der Waals surface area contributed by atoms with Gasteiger partial charge in [0.25, 0.3) is 14.1 Å². The fourth-order valence-electron chi connectivity index (χ4n) is 9.22. The van der Waals surface area contributed by atoms with Crippen LogP contribution in [0.4, 0.5) is 4.79 Å². The quantitative estimate of drug-likeness (QED) is 0.0207. The van der Waals surface area contributed by atoms with Crippen LogP contribution in [0.2, 0.25) is 0 Å². The largest absolute Gasteiger partial charge is 0.508 e. The summed E-state index contributed by atoms with van der Waals surface area (Å²) in [6.45, 7) is 10.3. The van der Waals surface area contributed by atoms with Gasteiger partial charge in [-0.15, -0.1) is 0 Å². The van der Waals surface area contributed by atoms with Gasteiger partial charge in [0.05, 0.1) is 46.5 Å². The van der Waals surface area contributed by atoms with Crippen molar-refractivity contribution in [2.75, 3.05) is 34.0 Å². The second-order valence-electron chi connectivity index (χ2n) is 18.8. The fraction of sp³-hybridized carbons (Fsp3) is 0.571. The van der Waals surface area contributed by atoms with E-state index in [0.717, 1.165) is 36.0 Å². The number of aromatic amines is 1. The zero-order chi connectivity index (χ0) is 51.7. The van der Waals surface area contributed by atoms with Crippen LogP contribution < -0.4 is 20.7 Å². The van der Waals surface area contributed by atoms with Crippen molar-refractivity contribution in [3.8, 4) is 17.6 Å². The Morgan fingerprint density at radius 2 is 1.26 bits per heavy atom. The van der Waals surface area contributed by atoms with Crippen LogP contribution in [0.3, 0.4) is 0 Å². The summed E-state index contributed by atoms with van der Waals surface area (Å²) >= 11 is 0. The van der Waals surface area contributed by atoms with Crippen molar-refractivity contribution in [1.29, 1.82) is 5.26 Å². The van der Waals surface area contributed by atoms with Gasteiger partial charge in [-0.2, -0.15) is 5.26 Å². The zero-order valence-electron chi connectivity index (χ0n) is 43.6. The van der Waals surface area contributed by atoms with Crippen LogP contribution >= 0.6 is 8.53 Å². The first kappa shape index (κ1) is 57.8. The van der Waals surface area contributed by atoms with Gasteiger partial charge in [0.1, 0.15) is 29.3 Å². The Hall–Kier alpha value is -5.07. The molecule has 1 aliphatic heterocycles. The van der Waals surface area contributed by atoms with Crippen LogP contribution in [-0.2, 0) is 33.6 Å². The molecule has 4 aromatic rings. The van der Waals surface area contributed by atoms with E-state index >= 15 is 0 Å². The van der Waals surface area contributed by atoms with Gasteiger partial charge in [-0.05, 0) is 75.1 Å². The first-order chi connectivity index (χ1) is 35.0. The zero-order valence-corrected chi connectivity index (χ0v) is 44.5. The molecular formula is C56H79N4O11P.